The van der Waals surface area contributed by atoms with Crippen LogP contribution in [0.5, 0.6) is 11.5 Å². The number of nitrogens with one attached hydrogen (secondary N) is 1. The first-order valence-electron chi connectivity index (χ1n) is 5.60. The standard InChI is InChI=1S/C14H14FNO2/c1-9(13-8-12(17)6-7-14(13)18)16-11-4-2-10(15)3-5-11/h2-9,16-18H,1H3. The summed E-state index contributed by atoms with van der Waals surface area (Å²) < 4.78 is 12.8. The lowest BCUT2D eigenvalue weighted by atomic mass is 10.1. The van der Waals surface area contributed by atoms with Crippen LogP contribution in [-0.2, 0) is 0 Å². The third-order valence-corrected chi connectivity index (χ3v) is 2.71. The van der Waals surface area contributed by atoms with Crippen LogP contribution in [0.1, 0.15) is 18.5 Å². The van der Waals surface area contributed by atoms with Crippen LogP contribution < -0.4 is 5.32 Å². The highest BCUT2D eigenvalue weighted by Gasteiger charge is 2.11. The van der Waals surface area contributed by atoms with Gasteiger partial charge in [-0.3, -0.25) is 0 Å². The van der Waals surface area contributed by atoms with Crippen molar-refractivity contribution in [3.8, 4) is 11.5 Å². The lowest BCUT2D eigenvalue weighted by Crippen LogP contribution is -2.06. The smallest absolute Gasteiger partial charge is 0.123 e. The van der Waals surface area contributed by atoms with Crippen LogP contribution in [0.2, 0.25) is 0 Å². The zero-order valence-electron chi connectivity index (χ0n) is 9.89. The summed E-state index contributed by atoms with van der Waals surface area (Å²) in [5.41, 5.74) is 1.32. The molecule has 1 unspecified atom stereocenters. The van der Waals surface area contributed by atoms with Crippen molar-refractivity contribution in [2.75, 3.05) is 5.32 Å². The zero-order chi connectivity index (χ0) is 13.1. The minimum absolute atomic E-state index is 0.0931. The highest BCUT2D eigenvalue weighted by molar-refractivity contribution is 5.48. The van der Waals surface area contributed by atoms with E-state index in [1.807, 2.05) is 6.92 Å². The quantitative estimate of drug-likeness (QED) is 0.728. The number of phenols is 2. The lowest BCUT2D eigenvalue weighted by Gasteiger charge is -2.17. The fraction of sp³-hybridized carbons (Fsp3) is 0.143. The summed E-state index contributed by atoms with van der Waals surface area (Å²) in [6.07, 6.45) is 0. The molecule has 2 rings (SSSR count). The molecular formula is C14H14FNO2. The molecule has 3 N–H and O–H groups in total. The molecule has 4 heteroatoms. The molecule has 0 aliphatic heterocycles. The minimum Gasteiger partial charge on any atom is -0.508 e. The Morgan fingerprint density at radius 2 is 1.72 bits per heavy atom. The average Bonchev–Trinajstić information content (AvgIpc) is 2.35. The number of hydrogen-bond donors (Lipinski definition) is 3. The van der Waals surface area contributed by atoms with Gasteiger partial charge in [-0.15, -0.1) is 0 Å². The summed E-state index contributed by atoms with van der Waals surface area (Å²) >= 11 is 0. The second kappa shape index (κ2) is 4.96. The molecular weight excluding hydrogens is 233 g/mol. The molecule has 0 bridgehead atoms. The minimum atomic E-state index is -0.298. The van der Waals surface area contributed by atoms with Crippen LogP contribution in [0, 0.1) is 5.82 Å². The molecule has 0 fully saturated rings. The monoisotopic (exact) mass is 247 g/mol. The SMILES string of the molecule is CC(Nc1ccc(F)cc1)c1cc(O)ccc1O. The Morgan fingerprint density at radius 1 is 1.06 bits per heavy atom. The van der Waals surface area contributed by atoms with Crippen LogP contribution in [-0.4, -0.2) is 10.2 Å². The first-order valence-corrected chi connectivity index (χ1v) is 5.60. The Balaban J connectivity index is 2.18. The van der Waals surface area contributed by atoms with Gasteiger partial charge in [0.1, 0.15) is 17.3 Å². The molecule has 2 aromatic rings. The summed E-state index contributed by atoms with van der Waals surface area (Å²) in [7, 11) is 0. The second-order valence-electron chi connectivity index (χ2n) is 4.12. The third kappa shape index (κ3) is 2.71. The summed E-state index contributed by atoms with van der Waals surface area (Å²) in [6, 6.07) is 10.1. The van der Waals surface area contributed by atoms with Crippen molar-refractivity contribution in [3.05, 3.63) is 53.8 Å². The normalized spacial score (nSPS) is 12.1. The highest BCUT2D eigenvalue weighted by Crippen LogP contribution is 2.29. The van der Waals surface area contributed by atoms with E-state index in [9.17, 15) is 14.6 Å². The van der Waals surface area contributed by atoms with Crippen molar-refractivity contribution in [1.29, 1.82) is 0 Å². The van der Waals surface area contributed by atoms with E-state index in [4.69, 9.17) is 0 Å². The van der Waals surface area contributed by atoms with Crippen LogP contribution in [0.3, 0.4) is 0 Å². The van der Waals surface area contributed by atoms with Gasteiger partial charge in [0.25, 0.3) is 0 Å². The average molecular weight is 247 g/mol. The number of phenolic OH excluding ortho intramolecular Hbond substituents is 2. The van der Waals surface area contributed by atoms with Crippen LogP contribution in [0.15, 0.2) is 42.5 Å². The Labute approximate surface area is 105 Å². The molecule has 0 saturated carbocycles. The number of hydrogen-bond acceptors (Lipinski definition) is 3. The molecule has 0 radical (unpaired) electrons. The Hall–Kier alpha value is -2.23. The van der Waals surface area contributed by atoms with Gasteiger partial charge in [-0.2, -0.15) is 0 Å². The van der Waals surface area contributed by atoms with Gasteiger partial charge in [0, 0.05) is 11.3 Å². The fourth-order valence-electron chi connectivity index (χ4n) is 1.76. The van der Waals surface area contributed by atoms with Gasteiger partial charge in [-0.1, -0.05) is 0 Å². The summed E-state index contributed by atoms with van der Waals surface area (Å²) in [5, 5.41) is 22.2. The van der Waals surface area contributed by atoms with Gasteiger partial charge < -0.3 is 15.5 Å². The van der Waals surface area contributed by atoms with E-state index in [0.717, 1.165) is 5.69 Å². The molecule has 0 amide bonds. The Morgan fingerprint density at radius 3 is 2.39 bits per heavy atom. The van der Waals surface area contributed by atoms with Crippen molar-refractivity contribution >= 4 is 5.69 Å². The summed E-state index contributed by atoms with van der Waals surface area (Å²) in [4.78, 5) is 0. The van der Waals surface area contributed by atoms with Crippen LogP contribution in [0.4, 0.5) is 10.1 Å². The molecule has 0 aromatic heterocycles. The topological polar surface area (TPSA) is 52.5 Å². The maximum absolute atomic E-state index is 12.8. The number of benzene rings is 2. The van der Waals surface area contributed by atoms with Gasteiger partial charge in [0.2, 0.25) is 0 Å². The van der Waals surface area contributed by atoms with Crippen molar-refractivity contribution in [1.82, 2.24) is 0 Å². The molecule has 0 saturated heterocycles. The van der Waals surface area contributed by atoms with E-state index < -0.39 is 0 Å². The molecule has 1 atom stereocenters. The molecule has 3 nitrogen and oxygen atoms in total. The highest BCUT2D eigenvalue weighted by atomic mass is 19.1. The molecule has 94 valence electrons. The first-order chi connectivity index (χ1) is 8.56. The van der Waals surface area contributed by atoms with E-state index in [2.05, 4.69) is 5.32 Å². The third-order valence-electron chi connectivity index (χ3n) is 2.71. The number of rotatable bonds is 3. The molecule has 18 heavy (non-hydrogen) atoms. The van der Waals surface area contributed by atoms with Crippen LogP contribution in [0.25, 0.3) is 0 Å². The summed E-state index contributed by atoms with van der Waals surface area (Å²) in [5.74, 6) is -0.0983. The predicted octanol–water partition coefficient (Wildman–Crippen LogP) is 3.41. The van der Waals surface area contributed by atoms with E-state index in [-0.39, 0.29) is 23.4 Å². The van der Waals surface area contributed by atoms with Gasteiger partial charge in [0.15, 0.2) is 0 Å². The zero-order valence-corrected chi connectivity index (χ0v) is 9.89. The second-order valence-corrected chi connectivity index (χ2v) is 4.12. The summed E-state index contributed by atoms with van der Waals surface area (Å²) in [6.45, 7) is 1.85. The fourth-order valence-corrected chi connectivity index (χ4v) is 1.76. The number of aromatic hydroxyl groups is 2. The largest absolute Gasteiger partial charge is 0.508 e. The van der Waals surface area contributed by atoms with Gasteiger partial charge in [-0.05, 0) is 49.4 Å². The van der Waals surface area contributed by atoms with Crippen molar-refractivity contribution < 1.29 is 14.6 Å². The maximum Gasteiger partial charge on any atom is 0.123 e. The van der Waals surface area contributed by atoms with Crippen molar-refractivity contribution in [2.45, 2.75) is 13.0 Å². The number of anilines is 1. The van der Waals surface area contributed by atoms with Crippen LogP contribution >= 0.6 is 0 Å². The van der Waals surface area contributed by atoms with E-state index in [1.54, 1.807) is 12.1 Å². The van der Waals surface area contributed by atoms with Crippen molar-refractivity contribution in [3.63, 3.8) is 0 Å². The van der Waals surface area contributed by atoms with E-state index in [0.29, 0.717) is 5.56 Å². The van der Waals surface area contributed by atoms with E-state index in [1.165, 1.54) is 30.3 Å². The molecule has 0 aliphatic carbocycles. The first kappa shape index (κ1) is 12.2. The van der Waals surface area contributed by atoms with Crippen molar-refractivity contribution in [2.24, 2.45) is 0 Å². The van der Waals surface area contributed by atoms with Gasteiger partial charge in [-0.25, -0.2) is 4.39 Å². The van der Waals surface area contributed by atoms with Gasteiger partial charge >= 0.3 is 0 Å². The lowest BCUT2D eigenvalue weighted by molar-refractivity contribution is 0.451. The van der Waals surface area contributed by atoms with Gasteiger partial charge in [0.05, 0.1) is 6.04 Å². The molecule has 0 spiro atoms. The molecule has 0 heterocycles. The predicted molar refractivity (Wildman–Crippen MR) is 68.2 cm³/mol. The Kier molecular flexibility index (Phi) is 3.37. The van der Waals surface area contributed by atoms with E-state index >= 15 is 0 Å². The Bertz CT molecular complexity index is 540. The maximum atomic E-state index is 12.8. The molecule has 2 aromatic carbocycles. The number of halogens is 1. The molecule has 0 aliphatic rings.